The van der Waals surface area contributed by atoms with Crippen molar-refractivity contribution >= 4 is 11.8 Å². The van der Waals surface area contributed by atoms with Gasteiger partial charge in [-0.25, -0.2) is 0 Å². The highest BCUT2D eigenvalue weighted by Crippen LogP contribution is 2.34. The molecule has 1 atom stereocenters. The number of carbonyl (C=O) groups is 2. The van der Waals surface area contributed by atoms with Crippen LogP contribution in [0.3, 0.4) is 0 Å². The van der Waals surface area contributed by atoms with Gasteiger partial charge in [-0.2, -0.15) is 0 Å². The van der Waals surface area contributed by atoms with Crippen molar-refractivity contribution in [2.45, 2.75) is 64.7 Å². The molecular formula is C15H22O3. The second-order valence-electron chi connectivity index (χ2n) is 5.35. The predicted octanol–water partition coefficient (Wildman–Crippen LogP) is 3.53. The van der Waals surface area contributed by atoms with Crippen molar-refractivity contribution < 1.29 is 14.3 Å². The molecule has 1 aliphatic heterocycles. The van der Waals surface area contributed by atoms with E-state index in [0.29, 0.717) is 18.6 Å². The van der Waals surface area contributed by atoms with Crippen molar-refractivity contribution in [2.75, 3.05) is 0 Å². The Bertz CT molecular complexity index is 368. The number of Topliss-reactive ketones (excluding diaryl/α,β-unsaturated/α-hetero) is 1. The third-order valence-corrected chi connectivity index (χ3v) is 3.89. The lowest BCUT2D eigenvalue weighted by atomic mass is 9.85. The second-order valence-corrected chi connectivity index (χ2v) is 5.35. The van der Waals surface area contributed by atoms with E-state index in [4.69, 9.17) is 4.74 Å². The fourth-order valence-corrected chi connectivity index (χ4v) is 2.78. The van der Waals surface area contributed by atoms with Crippen LogP contribution >= 0.6 is 0 Å². The highest BCUT2D eigenvalue weighted by molar-refractivity contribution is 5.98. The average Bonchev–Trinajstić information content (AvgIpc) is 2.36. The minimum atomic E-state index is -0.111. The first-order valence-corrected chi connectivity index (χ1v) is 7.19. The van der Waals surface area contributed by atoms with E-state index in [9.17, 15) is 9.59 Å². The van der Waals surface area contributed by atoms with Crippen LogP contribution in [0.5, 0.6) is 0 Å². The van der Waals surface area contributed by atoms with Gasteiger partial charge in [0.05, 0.1) is 5.92 Å². The van der Waals surface area contributed by atoms with E-state index in [1.807, 2.05) is 0 Å². The smallest absolute Gasteiger partial charge is 0.314 e. The zero-order valence-electron chi connectivity index (χ0n) is 11.2. The Balaban J connectivity index is 1.92. The van der Waals surface area contributed by atoms with Gasteiger partial charge < -0.3 is 4.74 Å². The Kier molecular flexibility index (Phi) is 4.56. The van der Waals surface area contributed by atoms with Crippen molar-refractivity contribution in [3.63, 3.8) is 0 Å². The number of hydrogen-bond acceptors (Lipinski definition) is 3. The Morgan fingerprint density at radius 2 is 2.00 bits per heavy atom. The van der Waals surface area contributed by atoms with Crippen LogP contribution in [0, 0.1) is 5.92 Å². The van der Waals surface area contributed by atoms with E-state index >= 15 is 0 Å². The molecule has 0 fully saturated rings. The summed E-state index contributed by atoms with van der Waals surface area (Å²) in [6.07, 6.45) is 8.34. The minimum Gasteiger partial charge on any atom is -0.430 e. The molecule has 0 spiro atoms. The lowest BCUT2D eigenvalue weighted by Crippen LogP contribution is -2.28. The largest absolute Gasteiger partial charge is 0.430 e. The number of esters is 1. The Hall–Kier alpha value is -1.12. The van der Waals surface area contributed by atoms with Gasteiger partial charge in [-0.1, -0.05) is 32.6 Å². The van der Waals surface area contributed by atoms with Crippen LogP contribution in [0.4, 0.5) is 0 Å². The van der Waals surface area contributed by atoms with Gasteiger partial charge in [0.2, 0.25) is 0 Å². The van der Waals surface area contributed by atoms with Gasteiger partial charge in [-0.05, 0) is 19.3 Å². The Labute approximate surface area is 109 Å². The van der Waals surface area contributed by atoms with Crippen molar-refractivity contribution in [3.05, 3.63) is 11.3 Å². The van der Waals surface area contributed by atoms with Crippen molar-refractivity contribution in [2.24, 2.45) is 5.92 Å². The van der Waals surface area contributed by atoms with E-state index in [0.717, 1.165) is 31.3 Å². The molecule has 0 bridgehead atoms. The summed E-state index contributed by atoms with van der Waals surface area (Å²) in [5.41, 5.74) is 0.807. The highest BCUT2D eigenvalue weighted by Gasteiger charge is 2.34. The molecule has 0 saturated heterocycles. The molecule has 18 heavy (non-hydrogen) atoms. The summed E-state index contributed by atoms with van der Waals surface area (Å²) in [5.74, 6) is 0.672. The molecule has 1 aliphatic carbocycles. The summed E-state index contributed by atoms with van der Waals surface area (Å²) in [7, 11) is 0. The molecular weight excluding hydrogens is 228 g/mol. The molecule has 2 aliphatic rings. The molecule has 3 heteroatoms. The molecule has 3 nitrogen and oxygen atoms in total. The molecule has 0 aromatic heterocycles. The summed E-state index contributed by atoms with van der Waals surface area (Å²) in [6.45, 7) is 2.17. The Morgan fingerprint density at radius 1 is 1.17 bits per heavy atom. The van der Waals surface area contributed by atoms with Crippen LogP contribution in [-0.2, 0) is 14.3 Å². The number of ketones is 1. The number of ether oxygens (including phenoxy) is 1. The van der Waals surface area contributed by atoms with Crippen LogP contribution in [0.1, 0.15) is 64.7 Å². The summed E-state index contributed by atoms with van der Waals surface area (Å²) < 4.78 is 5.35. The van der Waals surface area contributed by atoms with Gasteiger partial charge in [0, 0.05) is 18.4 Å². The Morgan fingerprint density at radius 3 is 2.78 bits per heavy atom. The number of carbonyl (C=O) groups excluding carboxylic acids is 2. The van der Waals surface area contributed by atoms with Crippen LogP contribution in [-0.4, -0.2) is 11.8 Å². The number of allylic oxidation sites excluding steroid dienone is 2. The quantitative estimate of drug-likeness (QED) is 0.554. The summed E-state index contributed by atoms with van der Waals surface area (Å²) in [4.78, 5) is 23.7. The molecule has 0 saturated carbocycles. The van der Waals surface area contributed by atoms with Crippen molar-refractivity contribution in [1.82, 2.24) is 0 Å². The predicted molar refractivity (Wildman–Crippen MR) is 68.8 cm³/mol. The zero-order chi connectivity index (χ0) is 13.0. The molecule has 0 amide bonds. The molecule has 0 N–H and O–H groups in total. The molecule has 1 heterocycles. The van der Waals surface area contributed by atoms with E-state index < -0.39 is 0 Å². The first-order valence-electron chi connectivity index (χ1n) is 7.19. The molecule has 0 radical (unpaired) electrons. The summed E-state index contributed by atoms with van der Waals surface area (Å²) in [6, 6.07) is 0. The fraction of sp³-hybridized carbons (Fsp3) is 0.733. The van der Waals surface area contributed by atoms with Crippen molar-refractivity contribution in [3.8, 4) is 0 Å². The zero-order valence-corrected chi connectivity index (χ0v) is 11.2. The van der Waals surface area contributed by atoms with E-state index in [1.165, 1.54) is 19.3 Å². The van der Waals surface area contributed by atoms with Gasteiger partial charge in [0.1, 0.15) is 5.76 Å². The second kappa shape index (κ2) is 6.17. The third kappa shape index (κ3) is 3.01. The first kappa shape index (κ1) is 13.3. The molecule has 100 valence electrons. The highest BCUT2D eigenvalue weighted by atomic mass is 16.5. The topological polar surface area (TPSA) is 43.4 Å². The molecule has 0 aromatic rings. The van der Waals surface area contributed by atoms with Gasteiger partial charge in [0.25, 0.3) is 0 Å². The molecule has 2 rings (SSSR count). The lowest BCUT2D eigenvalue weighted by molar-refractivity contribution is -0.147. The SMILES string of the molecule is CCCCCCC1CC2=C(CCCC2=O)OC1=O. The van der Waals surface area contributed by atoms with Gasteiger partial charge in [-0.15, -0.1) is 0 Å². The first-order chi connectivity index (χ1) is 8.72. The summed E-state index contributed by atoms with van der Waals surface area (Å²) in [5, 5.41) is 0. The van der Waals surface area contributed by atoms with Crippen LogP contribution in [0.2, 0.25) is 0 Å². The van der Waals surface area contributed by atoms with Gasteiger partial charge >= 0.3 is 5.97 Å². The number of hydrogen-bond donors (Lipinski definition) is 0. The standard InChI is InChI=1S/C15H22O3/c1-2-3-4-5-7-11-10-12-13(16)8-6-9-14(12)18-15(11)17/h11H,2-10H2,1H3. The average molecular weight is 250 g/mol. The van der Waals surface area contributed by atoms with E-state index in [-0.39, 0.29) is 17.7 Å². The van der Waals surface area contributed by atoms with E-state index in [1.54, 1.807) is 0 Å². The maximum Gasteiger partial charge on any atom is 0.314 e. The maximum absolute atomic E-state index is 11.9. The van der Waals surface area contributed by atoms with Gasteiger partial charge in [-0.3, -0.25) is 9.59 Å². The normalized spacial score (nSPS) is 23.9. The number of rotatable bonds is 5. The van der Waals surface area contributed by atoms with Crippen LogP contribution < -0.4 is 0 Å². The van der Waals surface area contributed by atoms with Crippen LogP contribution in [0.25, 0.3) is 0 Å². The molecule has 0 aromatic carbocycles. The third-order valence-electron chi connectivity index (χ3n) is 3.89. The number of unbranched alkanes of at least 4 members (excludes halogenated alkanes) is 3. The van der Waals surface area contributed by atoms with Gasteiger partial charge in [0.15, 0.2) is 5.78 Å². The summed E-state index contributed by atoms with van der Waals surface area (Å²) >= 11 is 0. The lowest BCUT2D eigenvalue weighted by Gasteiger charge is -2.28. The monoisotopic (exact) mass is 250 g/mol. The van der Waals surface area contributed by atoms with E-state index in [2.05, 4.69) is 6.92 Å². The van der Waals surface area contributed by atoms with Crippen molar-refractivity contribution in [1.29, 1.82) is 0 Å². The molecule has 1 unspecified atom stereocenters. The maximum atomic E-state index is 11.9. The minimum absolute atomic E-state index is 0.0809. The fourth-order valence-electron chi connectivity index (χ4n) is 2.78. The van der Waals surface area contributed by atoms with Crippen LogP contribution in [0.15, 0.2) is 11.3 Å².